The molecule has 0 bridgehead atoms. The monoisotopic (exact) mass is 293 g/mol. The van der Waals surface area contributed by atoms with Gasteiger partial charge in [0.1, 0.15) is 5.75 Å². The van der Waals surface area contributed by atoms with E-state index in [1.165, 1.54) is 31.7 Å². The first-order chi connectivity index (χ1) is 9.65. The molecule has 2 fully saturated rings. The summed E-state index contributed by atoms with van der Waals surface area (Å²) in [5, 5.41) is 9.67. The summed E-state index contributed by atoms with van der Waals surface area (Å²) < 4.78 is 0. The predicted octanol–water partition coefficient (Wildman–Crippen LogP) is 3.70. The molecule has 0 unspecified atom stereocenters. The van der Waals surface area contributed by atoms with Gasteiger partial charge in [0.2, 0.25) is 0 Å². The molecule has 0 aromatic heterocycles. The standard InChI is InChI=1S/C16H20ClNO2/c17-14-9-12(5-6-15(14)19)16(20)18-8-7-11-3-1-2-4-13(11)10-18/h5-6,9,11,13,19H,1-4,7-8,10H2/t11-,13+/m0/s1. The van der Waals surface area contributed by atoms with Crippen molar-refractivity contribution >= 4 is 17.5 Å². The van der Waals surface area contributed by atoms with Crippen molar-refractivity contribution < 1.29 is 9.90 Å². The van der Waals surface area contributed by atoms with Gasteiger partial charge < -0.3 is 10.0 Å². The van der Waals surface area contributed by atoms with Gasteiger partial charge in [-0.15, -0.1) is 0 Å². The molecule has 0 spiro atoms. The molecule has 3 rings (SSSR count). The molecule has 1 aromatic carbocycles. The largest absolute Gasteiger partial charge is 0.506 e. The average Bonchev–Trinajstić information content (AvgIpc) is 2.49. The summed E-state index contributed by atoms with van der Waals surface area (Å²) in [6.45, 7) is 1.72. The van der Waals surface area contributed by atoms with Crippen LogP contribution in [-0.2, 0) is 0 Å². The Morgan fingerprint density at radius 2 is 1.95 bits per heavy atom. The number of phenols is 1. The lowest BCUT2D eigenvalue weighted by molar-refractivity contribution is 0.0521. The first-order valence-electron chi connectivity index (χ1n) is 7.43. The van der Waals surface area contributed by atoms with Crippen LogP contribution in [0.25, 0.3) is 0 Å². The molecule has 1 N–H and O–H groups in total. The number of fused-ring (bicyclic) bond motifs is 1. The molecule has 1 saturated carbocycles. The number of hydrogen-bond acceptors (Lipinski definition) is 2. The third-order valence-corrected chi connectivity index (χ3v) is 5.08. The van der Waals surface area contributed by atoms with Crippen molar-refractivity contribution in [1.82, 2.24) is 4.90 Å². The lowest BCUT2D eigenvalue weighted by Gasteiger charge is -2.41. The second-order valence-electron chi connectivity index (χ2n) is 6.01. The number of rotatable bonds is 1. The van der Waals surface area contributed by atoms with Gasteiger partial charge in [0.15, 0.2) is 0 Å². The molecule has 0 radical (unpaired) electrons. The van der Waals surface area contributed by atoms with E-state index in [1.54, 1.807) is 12.1 Å². The number of piperidine rings is 1. The van der Waals surface area contributed by atoms with Crippen LogP contribution in [0.2, 0.25) is 5.02 Å². The lowest BCUT2D eigenvalue weighted by Crippen LogP contribution is -2.44. The van der Waals surface area contributed by atoms with Gasteiger partial charge in [-0.1, -0.05) is 30.9 Å². The normalized spacial score (nSPS) is 26.1. The highest BCUT2D eigenvalue weighted by atomic mass is 35.5. The third-order valence-electron chi connectivity index (χ3n) is 4.77. The molecule has 20 heavy (non-hydrogen) atoms. The van der Waals surface area contributed by atoms with Crippen LogP contribution in [0.5, 0.6) is 5.75 Å². The number of phenolic OH excluding ortho intramolecular Hbond substituents is 1. The van der Waals surface area contributed by atoms with Crippen LogP contribution in [0.3, 0.4) is 0 Å². The fraction of sp³-hybridized carbons (Fsp3) is 0.562. The summed E-state index contributed by atoms with van der Waals surface area (Å²) in [5.41, 5.74) is 0.571. The van der Waals surface area contributed by atoms with Gasteiger partial charge in [-0.3, -0.25) is 4.79 Å². The molecule has 1 amide bonds. The number of aromatic hydroxyl groups is 1. The predicted molar refractivity (Wildman–Crippen MR) is 79.1 cm³/mol. The van der Waals surface area contributed by atoms with E-state index in [9.17, 15) is 9.90 Å². The summed E-state index contributed by atoms with van der Waals surface area (Å²) >= 11 is 5.89. The lowest BCUT2D eigenvalue weighted by atomic mass is 9.75. The van der Waals surface area contributed by atoms with Crippen molar-refractivity contribution in [2.24, 2.45) is 11.8 Å². The maximum Gasteiger partial charge on any atom is 0.253 e. The summed E-state index contributed by atoms with van der Waals surface area (Å²) in [6, 6.07) is 4.70. The van der Waals surface area contributed by atoms with Crippen molar-refractivity contribution in [3.05, 3.63) is 28.8 Å². The molecule has 2 aliphatic rings. The molecule has 1 aliphatic heterocycles. The van der Waals surface area contributed by atoms with Gasteiger partial charge in [0, 0.05) is 18.7 Å². The first-order valence-corrected chi connectivity index (χ1v) is 7.81. The fourth-order valence-electron chi connectivity index (χ4n) is 3.61. The van der Waals surface area contributed by atoms with E-state index >= 15 is 0 Å². The average molecular weight is 294 g/mol. The van der Waals surface area contributed by atoms with Gasteiger partial charge in [0.25, 0.3) is 5.91 Å². The number of halogens is 1. The third kappa shape index (κ3) is 2.64. The number of amides is 1. The number of carbonyl (C=O) groups is 1. The number of likely N-dealkylation sites (tertiary alicyclic amines) is 1. The summed E-state index contributed by atoms with van der Waals surface area (Å²) in [5.74, 6) is 1.55. The van der Waals surface area contributed by atoms with Crippen LogP contribution < -0.4 is 0 Å². The minimum absolute atomic E-state index is 0.0224. The smallest absolute Gasteiger partial charge is 0.253 e. The Hall–Kier alpha value is -1.22. The Morgan fingerprint density at radius 1 is 1.20 bits per heavy atom. The highest BCUT2D eigenvalue weighted by Gasteiger charge is 2.33. The minimum atomic E-state index is 0.0224. The van der Waals surface area contributed by atoms with E-state index < -0.39 is 0 Å². The van der Waals surface area contributed by atoms with Gasteiger partial charge >= 0.3 is 0 Å². The molecule has 3 nitrogen and oxygen atoms in total. The Morgan fingerprint density at radius 3 is 2.70 bits per heavy atom. The van der Waals surface area contributed by atoms with E-state index in [2.05, 4.69) is 0 Å². The Balaban J connectivity index is 1.72. The molecular weight excluding hydrogens is 274 g/mol. The van der Waals surface area contributed by atoms with Gasteiger partial charge in [-0.05, 0) is 42.9 Å². The number of nitrogens with zero attached hydrogens (tertiary/aromatic N) is 1. The zero-order chi connectivity index (χ0) is 14.1. The van der Waals surface area contributed by atoms with Gasteiger partial charge in [0.05, 0.1) is 5.02 Å². The van der Waals surface area contributed by atoms with Gasteiger partial charge in [-0.2, -0.15) is 0 Å². The molecule has 108 valence electrons. The quantitative estimate of drug-likeness (QED) is 0.858. The zero-order valence-electron chi connectivity index (χ0n) is 11.5. The second-order valence-corrected chi connectivity index (χ2v) is 6.42. The molecule has 1 heterocycles. The van der Waals surface area contributed by atoms with E-state index in [1.807, 2.05) is 4.90 Å². The van der Waals surface area contributed by atoms with Crippen molar-refractivity contribution in [1.29, 1.82) is 0 Å². The van der Waals surface area contributed by atoms with Crippen molar-refractivity contribution in [2.45, 2.75) is 32.1 Å². The van der Waals surface area contributed by atoms with Crippen LogP contribution in [0, 0.1) is 11.8 Å². The van der Waals surface area contributed by atoms with E-state index in [-0.39, 0.29) is 16.7 Å². The van der Waals surface area contributed by atoms with Crippen molar-refractivity contribution in [3.63, 3.8) is 0 Å². The first kappa shape index (κ1) is 13.7. The number of benzene rings is 1. The molecule has 1 saturated heterocycles. The molecular formula is C16H20ClNO2. The number of hydrogen-bond donors (Lipinski definition) is 1. The maximum atomic E-state index is 12.5. The van der Waals surface area contributed by atoms with E-state index in [0.29, 0.717) is 11.5 Å². The summed E-state index contributed by atoms with van der Waals surface area (Å²) in [6.07, 6.45) is 6.36. The summed E-state index contributed by atoms with van der Waals surface area (Å²) in [7, 11) is 0. The molecule has 1 aliphatic carbocycles. The minimum Gasteiger partial charge on any atom is -0.506 e. The second kappa shape index (κ2) is 5.65. The summed E-state index contributed by atoms with van der Waals surface area (Å²) in [4.78, 5) is 14.5. The maximum absolute atomic E-state index is 12.5. The Kier molecular flexibility index (Phi) is 3.88. The SMILES string of the molecule is O=C(c1ccc(O)c(Cl)c1)N1CC[C@@H]2CCCC[C@@H]2C1. The van der Waals surface area contributed by atoms with Crippen LogP contribution in [0.1, 0.15) is 42.5 Å². The Labute approximate surface area is 124 Å². The number of carbonyl (C=O) groups excluding carboxylic acids is 1. The van der Waals surface area contributed by atoms with E-state index in [0.717, 1.165) is 25.4 Å². The molecule has 4 heteroatoms. The van der Waals surface area contributed by atoms with Crippen LogP contribution in [0.4, 0.5) is 0 Å². The molecule has 2 atom stereocenters. The van der Waals surface area contributed by atoms with Crippen LogP contribution >= 0.6 is 11.6 Å². The highest BCUT2D eigenvalue weighted by molar-refractivity contribution is 6.32. The van der Waals surface area contributed by atoms with Gasteiger partial charge in [-0.25, -0.2) is 0 Å². The fourth-order valence-corrected chi connectivity index (χ4v) is 3.79. The van der Waals surface area contributed by atoms with Crippen molar-refractivity contribution in [3.8, 4) is 5.75 Å². The molecule has 1 aromatic rings. The van der Waals surface area contributed by atoms with Crippen molar-refractivity contribution in [2.75, 3.05) is 13.1 Å². The Bertz CT molecular complexity index is 517. The van der Waals surface area contributed by atoms with Crippen LogP contribution in [-0.4, -0.2) is 29.0 Å². The van der Waals surface area contributed by atoms with Crippen LogP contribution in [0.15, 0.2) is 18.2 Å². The highest BCUT2D eigenvalue weighted by Crippen LogP contribution is 2.36. The topological polar surface area (TPSA) is 40.5 Å². The zero-order valence-corrected chi connectivity index (χ0v) is 12.3. The van der Waals surface area contributed by atoms with E-state index in [4.69, 9.17) is 11.6 Å².